The molecule has 0 saturated carbocycles. The fourth-order valence-corrected chi connectivity index (χ4v) is 9.80. The van der Waals surface area contributed by atoms with Gasteiger partial charge in [0.15, 0.2) is 23.2 Å². The Morgan fingerprint density at radius 2 is 1.46 bits per heavy atom. The number of ether oxygens (including phenoxy) is 5. The second-order valence-electron chi connectivity index (χ2n) is 15.6. The molecule has 0 radical (unpaired) electrons. The first-order valence-electron chi connectivity index (χ1n) is 21.3. The van der Waals surface area contributed by atoms with Crippen molar-refractivity contribution in [2.24, 2.45) is 0 Å². The van der Waals surface area contributed by atoms with Crippen molar-refractivity contribution in [1.29, 1.82) is 5.26 Å². The fraction of sp³-hybridized carbons (Fsp3) is 0.354. The maximum atomic E-state index is 13.3. The number of imidazole rings is 1. The molecular weight excluding hydrogens is 850 g/mol. The van der Waals surface area contributed by atoms with E-state index in [1.54, 1.807) is 43.1 Å². The predicted octanol–water partition coefficient (Wildman–Crippen LogP) is 8.00. The summed E-state index contributed by atoms with van der Waals surface area (Å²) in [5, 5.41) is 22.9. The second kappa shape index (κ2) is 21.9. The first-order valence-corrected chi connectivity index (χ1v) is 22.4. The summed E-state index contributed by atoms with van der Waals surface area (Å²) in [5.74, 6) is 1.17. The number of hydrogen-bond acceptors (Lipinski definition) is 14. The van der Waals surface area contributed by atoms with Crippen LogP contribution < -0.4 is 14.8 Å². The molecule has 7 rings (SSSR count). The fourth-order valence-electron chi connectivity index (χ4n) is 8.04. The first kappa shape index (κ1) is 47.1. The molecule has 340 valence electrons. The minimum absolute atomic E-state index is 0.0251. The minimum Gasteiger partial charge on any atom is -0.497 e. The third-order valence-electron chi connectivity index (χ3n) is 11.0. The zero-order chi connectivity index (χ0) is 45.9. The highest BCUT2D eigenvalue weighted by Crippen LogP contribution is 2.51. The molecule has 1 aliphatic rings. The van der Waals surface area contributed by atoms with Crippen molar-refractivity contribution in [2.45, 2.75) is 76.3 Å². The van der Waals surface area contributed by atoms with Crippen LogP contribution in [0.2, 0.25) is 0 Å². The number of carbonyl (C=O) groups excluding carboxylic acids is 1. The van der Waals surface area contributed by atoms with Gasteiger partial charge in [-0.25, -0.2) is 19.6 Å². The van der Waals surface area contributed by atoms with Crippen molar-refractivity contribution in [3.05, 3.63) is 144 Å². The van der Waals surface area contributed by atoms with Gasteiger partial charge < -0.3 is 43.2 Å². The highest BCUT2D eigenvalue weighted by atomic mass is 31.2. The van der Waals surface area contributed by atoms with Gasteiger partial charge in [0.2, 0.25) is 0 Å². The van der Waals surface area contributed by atoms with Crippen LogP contribution in [0.5, 0.6) is 11.5 Å². The third kappa shape index (κ3) is 10.3. The van der Waals surface area contributed by atoms with Gasteiger partial charge in [0.1, 0.15) is 48.5 Å². The van der Waals surface area contributed by atoms with Crippen LogP contribution in [0.1, 0.15) is 67.4 Å². The minimum atomic E-state index is -1.86. The Morgan fingerprint density at radius 1 is 0.862 bits per heavy atom. The zero-order valence-corrected chi connectivity index (χ0v) is 38.1. The number of nitriles is 1. The maximum Gasteiger partial charge on any atom is 0.259 e. The number of anilines is 1. The van der Waals surface area contributed by atoms with Crippen LogP contribution in [-0.2, 0) is 28.9 Å². The van der Waals surface area contributed by atoms with E-state index in [0.717, 1.165) is 16.7 Å². The molecule has 1 fully saturated rings. The van der Waals surface area contributed by atoms with Gasteiger partial charge in [0, 0.05) is 17.6 Å². The molecule has 16 nitrogen and oxygen atoms in total. The molecule has 0 spiro atoms. The van der Waals surface area contributed by atoms with Crippen molar-refractivity contribution in [3.8, 4) is 17.6 Å². The molecule has 17 heteroatoms. The van der Waals surface area contributed by atoms with Crippen LogP contribution in [0.25, 0.3) is 11.2 Å². The molecule has 1 saturated heterocycles. The van der Waals surface area contributed by atoms with Crippen molar-refractivity contribution in [3.63, 3.8) is 0 Å². The van der Waals surface area contributed by atoms with Gasteiger partial charge in [-0.3, -0.25) is 9.36 Å². The molecule has 2 aromatic heterocycles. The van der Waals surface area contributed by atoms with Gasteiger partial charge in [-0.1, -0.05) is 72.8 Å². The number of aromatic nitrogens is 4. The van der Waals surface area contributed by atoms with Crippen LogP contribution in [0.15, 0.2) is 122 Å². The molecule has 6 aromatic rings. The van der Waals surface area contributed by atoms with E-state index in [9.17, 15) is 15.2 Å². The van der Waals surface area contributed by atoms with Gasteiger partial charge in [0.25, 0.3) is 14.4 Å². The Bertz CT molecular complexity index is 2430. The summed E-state index contributed by atoms with van der Waals surface area (Å²) in [4.78, 5) is 26.8. The maximum absolute atomic E-state index is 13.3. The molecule has 0 aliphatic carbocycles. The highest BCUT2D eigenvalue weighted by molar-refractivity contribution is 7.44. The third-order valence-corrected chi connectivity index (χ3v) is 13.1. The molecule has 65 heavy (non-hydrogen) atoms. The number of methoxy groups -OCH3 is 2. The van der Waals surface area contributed by atoms with E-state index < -0.39 is 45.5 Å². The number of nitrogens with zero attached hydrogens (tertiary/aromatic N) is 6. The van der Waals surface area contributed by atoms with Crippen LogP contribution in [0, 0.1) is 11.3 Å². The standard InChI is InChI=1S/C48H54N7O9P/c1-32(2)55(33(3)4)65(62-27-13-26-49)64-42-40(28-61-48(35-16-11-8-12-17-35,36-18-22-38(58-5)23-19-36)37-20-24-39(59-6)25-21-37)63-47(43(42)60-31-56)54-30-52-41-44(50-29-51-45(41)54)53-46(57)34-14-9-7-10-15-34/h7-12,14-25,29-30,32-33,40,42-43,47,56H,13,27-28,31H2,1-6H3,(H,50,51,53,57)/t40-,42-,43-,47-,65?/m1/s1. The average Bonchev–Trinajstić information content (AvgIpc) is 3.91. The lowest BCUT2D eigenvalue weighted by atomic mass is 9.80. The topological polar surface area (TPSA) is 185 Å². The van der Waals surface area contributed by atoms with E-state index in [-0.39, 0.29) is 43.4 Å². The van der Waals surface area contributed by atoms with E-state index in [2.05, 4.69) is 31.0 Å². The Labute approximate surface area is 380 Å². The molecule has 1 amide bonds. The SMILES string of the molecule is COc1ccc(C(OC[C@H]2O[C@@H](n3cnc4c(NC(=O)c5ccccc5)ncnc43)[C@H](OCO)[C@@H]2OP(OCCC#N)N(C(C)C)C(C)C)(c2ccccc2)c2ccc(OC)cc2)cc1. The van der Waals surface area contributed by atoms with Crippen molar-refractivity contribution in [1.82, 2.24) is 24.2 Å². The number of benzene rings is 4. The lowest BCUT2D eigenvalue weighted by Gasteiger charge is -2.39. The number of hydrogen-bond donors (Lipinski definition) is 2. The molecule has 4 aromatic carbocycles. The Balaban J connectivity index is 1.34. The number of nitrogens with one attached hydrogen (secondary N) is 1. The van der Waals surface area contributed by atoms with E-state index in [4.69, 9.17) is 32.7 Å². The Hall–Kier alpha value is -5.86. The molecule has 2 N–H and O–H groups in total. The summed E-state index contributed by atoms with van der Waals surface area (Å²) < 4.78 is 49.0. The molecule has 1 unspecified atom stereocenters. The van der Waals surface area contributed by atoms with E-state index in [0.29, 0.717) is 28.2 Å². The van der Waals surface area contributed by atoms with Gasteiger partial charge in [-0.15, -0.1) is 0 Å². The van der Waals surface area contributed by atoms with Gasteiger partial charge in [-0.2, -0.15) is 5.26 Å². The Morgan fingerprint density at radius 3 is 2.03 bits per heavy atom. The van der Waals surface area contributed by atoms with Crippen LogP contribution >= 0.6 is 8.53 Å². The summed E-state index contributed by atoms with van der Waals surface area (Å²) in [6, 6.07) is 36.2. The van der Waals surface area contributed by atoms with Crippen molar-refractivity contribution >= 4 is 31.4 Å². The number of amides is 1. The number of rotatable bonds is 21. The molecular formula is C48H54N7O9P. The quantitative estimate of drug-likeness (QED) is 0.0306. The van der Waals surface area contributed by atoms with Crippen molar-refractivity contribution < 1.29 is 42.6 Å². The largest absolute Gasteiger partial charge is 0.497 e. The highest BCUT2D eigenvalue weighted by Gasteiger charge is 2.52. The summed E-state index contributed by atoms with van der Waals surface area (Å²) in [6.07, 6.45) is -0.839. The van der Waals surface area contributed by atoms with Gasteiger partial charge in [0.05, 0.1) is 46.3 Å². The van der Waals surface area contributed by atoms with E-state index in [1.165, 1.54) is 12.7 Å². The number of aliphatic hydroxyl groups is 1. The van der Waals surface area contributed by atoms with Gasteiger partial charge in [-0.05, 0) is 80.8 Å². The van der Waals surface area contributed by atoms with E-state index in [1.807, 2.05) is 113 Å². The number of aliphatic hydroxyl groups excluding tert-OH is 1. The Kier molecular flexibility index (Phi) is 15.9. The molecule has 0 bridgehead atoms. The average molecular weight is 904 g/mol. The summed E-state index contributed by atoms with van der Waals surface area (Å²) in [6.45, 7) is 7.55. The molecule has 5 atom stereocenters. The molecule has 1 aliphatic heterocycles. The summed E-state index contributed by atoms with van der Waals surface area (Å²) in [5.41, 5.74) is 2.29. The predicted molar refractivity (Wildman–Crippen MR) is 244 cm³/mol. The van der Waals surface area contributed by atoms with Crippen LogP contribution in [0.4, 0.5) is 5.82 Å². The zero-order valence-electron chi connectivity index (χ0n) is 37.2. The molecule has 3 heterocycles. The summed E-state index contributed by atoms with van der Waals surface area (Å²) >= 11 is 0. The normalized spacial score (nSPS) is 18.0. The van der Waals surface area contributed by atoms with Gasteiger partial charge >= 0.3 is 0 Å². The van der Waals surface area contributed by atoms with Crippen LogP contribution in [0.3, 0.4) is 0 Å². The number of fused-ring (bicyclic) bond motifs is 1. The lowest BCUT2D eigenvalue weighted by molar-refractivity contribution is -0.117. The summed E-state index contributed by atoms with van der Waals surface area (Å²) in [7, 11) is 1.38. The second-order valence-corrected chi connectivity index (χ2v) is 17.0. The number of carbonyl (C=O) groups is 1. The smallest absolute Gasteiger partial charge is 0.259 e. The monoisotopic (exact) mass is 903 g/mol. The lowest BCUT2D eigenvalue weighted by Crippen LogP contribution is -2.43. The van der Waals surface area contributed by atoms with E-state index >= 15 is 0 Å². The van der Waals surface area contributed by atoms with Crippen molar-refractivity contribution in [2.75, 3.05) is 39.5 Å². The first-order chi connectivity index (χ1) is 31.6. The van der Waals surface area contributed by atoms with Crippen LogP contribution in [-0.4, -0.2) is 99.8 Å².